The van der Waals surface area contributed by atoms with Gasteiger partial charge in [0.15, 0.2) is 0 Å². The number of aryl methyl sites for hydroxylation is 1. The predicted molar refractivity (Wildman–Crippen MR) is 70.8 cm³/mol. The van der Waals surface area contributed by atoms with Gasteiger partial charge in [-0.2, -0.15) is 0 Å². The molecule has 17 heavy (non-hydrogen) atoms. The Balaban J connectivity index is 2.61. The van der Waals surface area contributed by atoms with E-state index in [2.05, 4.69) is 15.9 Å². The maximum absolute atomic E-state index is 12.4. The Labute approximate surface area is 109 Å². The third kappa shape index (κ3) is 2.42. The van der Waals surface area contributed by atoms with Crippen molar-refractivity contribution < 1.29 is 8.42 Å². The summed E-state index contributed by atoms with van der Waals surface area (Å²) in [6.45, 7) is 1.79. The molecule has 0 saturated heterocycles. The van der Waals surface area contributed by atoms with E-state index < -0.39 is 9.84 Å². The van der Waals surface area contributed by atoms with Crippen LogP contribution in [0.2, 0.25) is 0 Å². The van der Waals surface area contributed by atoms with Crippen molar-refractivity contribution in [2.75, 3.05) is 0 Å². The summed E-state index contributed by atoms with van der Waals surface area (Å²) >= 11 is 3.32. The van der Waals surface area contributed by atoms with Crippen LogP contribution in [0.3, 0.4) is 0 Å². The van der Waals surface area contributed by atoms with Crippen molar-refractivity contribution in [3.05, 3.63) is 58.6 Å². The Bertz CT molecular complexity index is 634. The normalized spacial score (nSPS) is 11.4. The number of benzene rings is 2. The molecular formula is C13H11BrO2S. The first-order chi connectivity index (χ1) is 8.01. The lowest BCUT2D eigenvalue weighted by Gasteiger charge is -2.07. The molecule has 0 bridgehead atoms. The quantitative estimate of drug-likeness (QED) is 0.849. The molecule has 0 saturated carbocycles. The average Bonchev–Trinajstić information content (AvgIpc) is 2.29. The van der Waals surface area contributed by atoms with Crippen LogP contribution >= 0.6 is 15.9 Å². The second kappa shape index (κ2) is 4.63. The molecule has 0 spiro atoms. The molecule has 0 radical (unpaired) electrons. The fourth-order valence-electron chi connectivity index (χ4n) is 1.64. The van der Waals surface area contributed by atoms with Crippen LogP contribution in [0.25, 0.3) is 0 Å². The third-order valence-corrected chi connectivity index (χ3v) is 4.90. The lowest BCUT2D eigenvalue weighted by molar-refractivity contribution is 0.595. The van der Waals surface area contributed by atoms with Crippen LogP contribution in [-0.4, -0.2) is 8.42 Å². The summed E-state index contributed by atoms with van der Waals surface area (Å²) in [5.41, 5.74) is 0.739. The van der Waals surface area contributed by atoms with Crippen LogP contribution < -0.4 is 0 Å². The third-order valence-electron chi connectivity index (χ3n) is 2.48. The maximum Gasteiger partial charge on any atom is 0.206 e. The van der Waals surface area contributed by atoms with Gasteiger partial charge in [-0.15, -0.1) is 0 Å². The van der Waals surface area contributed by atoms with E-state index in [0.717, 1.165) is 10.0 Å². The molecular weight excluding hydrogens is 300 g/mol. The van der Waals surface area contributed by atoms with Crippen molar-refractivity contribution in [1.29, 1.82) is 0 Å². The van der Waals surface area contributed by atoms with Crippen LogP contribution in [0.4, 0.5) is 0 Å². The van der Waals surface area contributed by atoms with Crippen LogP contribution in [0.5, 0.6) is 0 Å². The smallest absolute Gasteiger partial charge is 0.206 e. The van der Waals surface area contributed by atoms with E-state index in [-0.39, 0.29) is 0 Å². The fourth-order valence-corrected chi connectivity index (χ4v) is 3.62. The molecule has 0 aliphatic rings. The van der Waals surface area contributed by atoms with E-state index in [0.29, 0.717) is 9.79 Å². The second-order valence-corrected chi connectivity index (χ2v) is 6.56. The molecule has 0 fully saturated rings. The number of hydrogen-bond donors (Lipinski definition) is 0. The first kappa shape index (κ1) is 12.3. The lowest BCUT2D eigenvalue weighted by atomic mass is 10.2. The van der Waals surface area contributed by atoms with E-state index in [9.17, 15) is 8.42 Å². The monoisotopic (exact) mass is 310 g/mol. The summed E-state index contributed by atoms with van der Waals surface area (Å²) in [5.74, 6) is 0. The molecule has 0 aromatic heterocycles. The summed E-state index contributed by atoms with van der Waals surface area (Å²) in [5, 5.41) is 0. The summed E-state index contributed by atoms with van der Waals surface area (Å²) in [6, 6.07) is 13.6. The van der Waals surface area contributed by atoms with Gasteiger partial charge in [-0.1, -0.05) is 34.1 Å². The first-order valence-electron chi connectivity index (χ1n) is 5.08. The molecule has 2 rings (SSSR count). The molecule has 88 valence electrons. The van der Waals surface area contributed by atoms with Gasteiger partial charge in [-0.25, -0.2) is 8.42 Å². The molecule has 0 aliphatic carbocycles. The topological polar surface area (TPSA) is 34.1 Å². The van der Waals surface area contributed by atoms with Crippen LogP contribution in [0.15, 0.2) is 62.8 Å². The SMILES string of the molecule is Cc1cc(Br)ccc1S(=O)(=O)c1ccccc1. The minimum atomic E-state index is -3.41. The van der Waals surface area contributed by atoms with E-state index in [4.69, 9.17) is 0 Å². The largest absolute Gasteiger partial charge is 0.219 e. The Morgan fingerprint density at radius 3 is 2.24 bits per heavy atom. The molecule has 0 unspecified atom stereocenters. The minimum absolute atomic E-state index is 0.324. The van der Waals surface area contributed by atoms with E-state index in [1.54, 1.807) is 55.5 Å². The van der Waals surface area contributed by atoms with Gasteiger partial charge in [-0.05, 0) is 42.8 Å². The molecule has 0 atom stereocenters. The second-order valence-electron chi connectivity index (χ2n) is 3.73. The highest BCUT2D eigenvalue weighted by Gasteiger charge is 2.19. The van der Waals surface area contributed by atoms with Gasteiger partial charge in [-0.3, -0.25) is 0 Å². The Morgan fingerprint density at radius 1 is 1.00 bits per heavy atom. The maximum atomic E-state index is 12.4. The Hall–Kier alpha value is -1.13. The van der Waals surface area contributed by atoms with E-state index in [1.165, 1.54) is 0 Å². The summed E-state index contributed by atoms with van der Waals surface area (Å²) in [6.07, 6.45) is 0. The highest BCUT2D eigenvalue weighted by atomic mass is 79.9. The van der Waals surface area contributed by atoms with Crippen molar-refractivity contribution >= 4 is 25.8 Å². The van der Waals surface area contributed by atoms with Gasteiger partial charge in [0, 0.05) is 4.47 Å². The average molecular weight is 311 g/mol. The molecule has 2 nitrogen and oxygen atoms in total. The standard InChI is InChI=1S/C13H11BrO2S/c1-10-9-11(14)7-8-13(10)17(15,16)12-5-3-2-4-6-12/h2-9H,1H3. The predicted octanol–water partition coefficient (Wildman–Crippen LogP) is 3.59. The molecule has 4 heteroatoms. The zero-order valence-electron chi connectivity index (χ0n) is 9.22. The zero-order chi connectivity index (χ0) is 12.5. The number of sulfone groups is 1. The number of hydrogen-bond acceptors (Lipinski definition) is 2. The lowest BCUT2D eigenvalue weighted by Crippen LogP contribution is -2.03. The Kier molecular flexibility index (Phi) is 3.35. The van der Waals surface area contributed by atoms with Gasteiger partial charge in [0.25, 0.3) is 0 Å². The molecule has 0 N–H and O–H groups in total. The van der Waals surface area contributed by atoms with Gasteiger partial charge in [0.2, 0.25) is 9.84 Å². The van der Waals surface area contributed by atoms with Crippen molar-refractivity contribution in [2.24, 2.45) is 0 Å². The molecule has 0 amide bonds. The summed E-state index contributed by atoms with van der Waals surface area (Å²) < 4.78 is 25.6. The van der Waals surface area contributed by atoms with Gasteiger partial charge in [0.05, 0.1) is 9.79 Å². The molecule has 0 aliphatic heterocycles. The minimum Gasteiger partial charge on any atom is -0.219 e. The van der Waals surface area contributed by atoms with Crippen molar-refractivity contribution in [3.8, 4) is 0 Å². The zero-order valence-corrected chi connectivity index (χ0v) is 11.6. The Morgan fingerprint density at radius 2 is 1.65 bits per heavy atom. The van der Waals surface area contributed by atoms with Gasteiger partial charge < -0.3 is 0 Å². The number of rotatable bonds is 2. The molecule has 0 heterocycles. The van der Waals surface area contributed by atoms with E-state index in [1.807, 2.05) is 0 Å². The van der Waals surface area contributed by atoms with Gasteiger partial charge in [0.1, 0.15) is 0 Å². The highest BCUT2D eigenvalue weighted by Crippen LogP contribution is 2.25. The van der Waals surface area contributed by atoms with Crippen molar-refractivity contribution in [2.45, 2.75) is 16.7 Å². The van der Waals surface area contributed by atoms with Crippen LogP contribution in [0, 0.1) is 6.92 Å². The van der Waals surface area contributed by atoms with E-state index >= 15 is 0 Å². The van der Waals surface area contributed by atoms with Gasteiger partial charge >= 0.3 is 0 Å². The molecule has 2 aromatic rings. The van der Waals surface area contributed by atoms with Crippen molar-refractivity contribution in [1.82, 2.24) is 0 Å². The summed E-state index contributed by atoms with van der Waals surface area (Å²) in [4.78, 5) is 0.678. The first-order valence-corrected chi connectivity index (χ1v) is 7.36. The van der Waals surface area contributed by atoms with Crippen LogP contribution in [0.1, 0.15) is 5.56 Å². The van der Waals surface area contributed by atoms with Crippen molar-refractivity contribution in [3.63, 3.8) is 0 Å². The van der Waals surface area contributed by atoms with Crippen LogP contribution in [-0.2, 0) is 9.84 Å². The fraction of sp³-hybridized carbons (Fsp3) is 0.0769. The number of halogens is 1. The molecule has 2 aromatic carbocycles. The highest BCUT2D eigenvalue weighted by molar-refractivity contribution is 9.10. The summed E-state index contributed by atoms with van der Waals surface area (Å²) in [7, 11) is -3.41.